The van der Waals surface area contributed by atoms with E-state index in [-0.39, 0.29) is 5.92 Å². The molecule has 0 radical (unpaired) electrons. The van der Waals surface area contributed by atoms with Gasteiger partial charge in [-0.1, -0.05) is 0 Å². The van der Waals surface area contributed by atoms with Crippen LogP contribution in [0.15, 0.2) is 11.4 Å². The second-order valence-corrected chi connectivity index (χ2v) is 4.50. The summed E-state index contributed by atoms with van der Waals surface area (Å²) < 4.78 is 0. The van der Waals surface area contributed by atoms with Crippen LogP contribution in [0.4, 0.5) is 0 Å². The quantitative estimate of drug-likeness (QED) is 0.700. The van der Waals surface area contributed by atoms with Gasteiger partial charge in [0.1, 0.15) is 0 Å². The van der Waals surface area contributed by atoms with Gasteiger partial charge < -0.3 is 5.11 Å². The zero-order valence-corrected chi connectivity index (χ0v) is 8.14. The lowest BCUT2D eigenvalue weighted by Crippen LogP contribution is -2.14. The molecule has 1 atom stereocenters. The summed E-state index contributed by atoms with van der Waals surface area (Å²) in [6.07, 6.45) is 3.64. The summed E-state index contributed by atoms with van der Waals surface area (Å²) in [6, 6.07) is 2.07. The van der Waals surface area contributed by atoms with Crippen molar-refractivity contribution in [2.24, 2.45) is 5.92 Å². The van der Waals surface area contributed by atoms with Gasteiger partial charge in [-0.05, 0) is 42.7 Å². The number of fused-ring (bicyclic) bond motifs is 1. The molecule has 2 nitrogen and oxygen atoms in total. The van der Waals surface area contributed by atoms with Gasteiger partial charge >= 0.3 is 5.97 Å². The molecule has 0 amide bonds. The molecule has 0 aliphatic heterocycles. The molecule has 1 aromatic heterocycles. The van der Waals surface area contributed by atoms with Gasteiger partial charge in [0.15, 0.2) is 0 Å². The van der Waals surface area contributed by atoms with Crippen molar-refractivity contribution in [3.05, 3.63) is 21.9 Å². The van der Waals surface area contributed by atoms with E-state index in [1.807, 2.05) is 0 Å². The van der Waals surface area contributed by atoms with Gasteiger partial charge in [0.05, 0.1) is 5.92 Å². The largest absolute Gasteiger partial charge is 0.481 e. The van der Waals surface area contributed by atoms with E-state index in [0.29, 0.717) is 0 Å². The summed E-state index contributed by atoms with van der Waals surface area (Å²) in [5, 5.41) is 11.0. The molecule has 0 saturated heterocycles. The molecule has 0 fully saturated rings. The molecule has 70 valence electrons. The molecule has 0 spiro atoms. The third-order valence-corrected chi connectivity index (χ3v) is 3.63. The summed E-state index contributed by atoms with van der Waals surface area (Å²) in [5.41, 5.74) is 1.26. The van der Waals surface area contributed by atoms with Crippen molar-refractivity contribution < 1.29 is 9.90 Å². The molecule has 13 heavy (non-hydrogen) atoms. The molecule has 1 heterocycles. The molecule has 0 bridgehead atoms. The van der Waals surface area contributed by atoms with E-state index >= 15 is 0 Å². The Kier molecular flexibility index (Phi) is 2.36. The van der Waals surface area contributed by atoms with Crippen LogP contribution in [0.1, 0.15) is 23.3 Å². The van der Waals surface area contributed by atoms with Crippen LogP contribution in [-0.4, -0.2) is 11.1 Å². The smallest absolute Gasteiger partial charge is 0.306 e. The van der Waals surface area contributed by atoms with E-state index in [0.717, 1.165) is 25.7 Å². The van der Waals surface area contributed by atoms with Crippen LogP contribution in [0.3, 0.4) is 0 Å². The van der Waals surface area contributed by atoms with Crippen LogP contribution in [0.2, 0.25) is 0 Å². The minimum absolute atomic E-state index is 0.157. The number of rotatable bonds is 1. The fourth-order valence-electron chi connectivity index (χ4n) is 1.86. The Balaban J connectivity index is 2.21. The molecule has 1 aliphatic rings. The SMILES string of the molecule is O=C(O)C1CCCc2sccc2C1. The maximum absolute atomic E-state index is 10.8. The van der Waals surface area contributed by atoms with Crippen molar-refractivity contribution >= 4 is 17.3 Å². The Hall–Kier alpha value is -0.830. The number of aryl methyl sites for hydroxylation is 1. The Bertz CT molecular complexity index is 316. The maximum atomic E-state index is 10.8. The van der Waals surface area contributed by atoms with Crippen molar-refractivity contribution in [2.45, 2.75) is 25.7 Å². The standard InChI is InChI=1S/C10H12O2S/c11-10(12)8-2-1-3-9-7(6-8)4-5-13-9/h4-5,8H,1-3,6H2,(H,11,12). The van der Waals surface area contributed by atoms with Gasteiger partial charge in [0.25, 0.3) is 0 Å². The fraction of sp³-hybridized carbons (Fsp3) is 0.500. The van der Waals surface area contributed by atoms with Gasteiger partial charge in [0, 0.05) is 4.88 Å². The minimum Gasteiger partial charge on any atom is -0.481 e. The summed E-state index contributed by atoms with van der Waals surface area (Å²) in [5.74, 6) is -0.796. The first-order chi connectivity index (χ1) is 6.27. The second-order valence-electron chi connectivity index (χ2n) is 3.50. The highest BCUT2D eigenvalue weighted by Gasteiger charge is 2.22. The van der Waals surface area contributed by atoms with Crippen LogP contribution >= 0.6 is 11.3 Å². The third-order valence-electron chi connectivity index (χ3n) is 2.61. The normalized spacial score (nSPS) is 22.0. The average Bonchev–Trinajstić information content (AvgIpc) is 2.42. The van der Waals surface area contributed by atoms with Crippen molar-refractivity contribution in [1.29, 1.82) is 0 Å². The summed E-state index contributed by atoms with van der Waals surface area (Å²) in [4.78, 5) is 12.2. The Labute approximate surface area is 81.2 Å². The lowest BCUT2D eigenvalue weighted by molar-refractivity contribution is -0.141. The molecule has 2 rings (SSSR count). The summed E-state index contributed by atoms with van der Waals surface area (Å²) >= 11 is 1.76. The van der Waals surface area contributed by atoms with Crippen LogP contribution < -0.4 is 0 Å². The van der Waals surface area contributed by atoms with Crippen molar-refractivity contribution in [2.75, 3.05) is 0 Å². The number of carbonyl (C=O) groups is 1. The molecule has 1 aliphatic carbocycles. The van der Waals surface area contributed by atoms with E-state index in [2.05, 4.69) is 11.4 Å². The maximum Gasteiger partial charge on any atom is 0.306 e. The molecular weight excluding hydrogens is 184 g/mol. The molecule has 3 heteroatoms. The third kappa shape index (κ3) is 1.75. The molecule has 0 aromatic carbocycles. The number of hydrogen-bond acceptors (Lipinski definition) is 2. The van der Waals surface area contributed by atoms with Crippen molar-refractivity contribution in [1.82, 2.24) is 0 Å². The highest BCUT2D eigenvalue weighted by Crippen LogP contribution is 2.28. The van der Waals surface area contributed by atoms with Crippen molar-refractivity contribution in [3.63, 3.8) is 0 Å². The van der Waals surface area contributed by atoms with Gasteiger partial charge in [-0.15, -0.1) is 11.3 Å². The average molecular weight is 196 g/mol. The predicted molar refractivity (Wildman–Crippen MR) is 52.1 cm³/mol. The first-order valence-electron chi connectivity index (χ1n) is 4.55. The van der Waals surface area contributed by atoms with Gasteiger partial charge in [0.2, 0.25) is 0 Å². The number of carboxylic acid groups (broad SMARTS) is 1. The fourth-order valence-corrected chi connectivity index (χ4v) is 2.82. The van der Waals surface area contributed by atoms with Crippen LogP contribution in [0, 0.1) is 5.92 Å². The Morgan fingerprint density at radius 3 is 3.23 bits per heavy atom. The molecule has 1 unspecified atom stereocenters. The van der Waals surface area contributed by atoms with Crippen LogP contribution in [-0.2, 0) is 17.6 Å². The highest BCUT2D eigenvalue weighted by molar-refractivity contribution is 7.10. The first kappa shape index (κ1) is 8.75. The number of thiophene rings is 1. The van der Waals surface area contributed by atoms with Crippen LogP contribution in [0.25, 0.3) is 0 Å². The van der Waals surface area contributed by atoms with E-state index in [9.17, 15) is 4.79 Å². The lowest BCUT2D eigenvalue weighted by Gasteiger charge is -2.06. The number of carboxylic acids is 1. The monoisotopic (exact) mass is 196 g/mol. The number of hydrogen-bond donors (Lipinski definition) is 1. The molecule has 1 aromatic rings. The Morgan fingerprint density at radius 2 is 2.46 bits per heavy atom. The van der Waals surface area contributed by atoms with E-state index in [4.69, 9.17) is 5.11 Å². The molecule has 1 N–H and O–H groups in total. The number of aliphatic carboxylic acids is 1. The van der Waals surface area contributed by atoms with Crippen molar-refractivity contribution in [3.8, 4) is 0 Å². The van der Waals surface area contributed by atoms with Gasteiger partial charge in [-0.2, -0.15) is 0 Å². The van der Waals surface area contributed by atoms with E-state index in [1.165, 1.54) is 10.4 Å². The second kappa shape index (κ2) is 3.50. The topological polar surface area (TPSA) is 37.3 Å². The van der Waals surface area contributed by atoms with E-state index in [1.54, 1.807) is 11.3 Å². The van der Waals surface area contributed by atoms with E-state index < -0.39 is 5.97 Å². The zero-order valence-electron chi connectivity index (χ0n) is 7.32. The minimum atomic E-state index is -0.640. The lowest BCUT2D eigenvalue weighted by atomic mass is 9.99. The molecule has 0 saturated carbocycles. The highest BCUT2D eigenvalue weighted by atomic mass is 32.1. The van der Waals surface area contributed by atoms with Crippen LogP contribution in [0.5, 0.6) is 0 Å². The van der Waals surface area contributed by atoms with Gasteiger partial charge in [-0.3, -0.25) is 4.79 Å². The first-order valence-corrected chi connectivity index (χ1v) is 5.43. The predicted octanol–water partition coefficient (Wildman–Crippen LogP) is 2.33. The summed E-state index contributed by atoms with van der Waals surface area (Å²) in [7, 11) is 0. The summed E-state index contributed by atoms with van der Waals surface area (Å²) in [6.45, 7) is 0. The molecular formula is C10H12O2S. The zero-order chi connectivity index (χ0) is 9.26. The van der Waals surface area contributed by atoms with Gasteiger partial charge in [-0.25, -0.2) is 0 Å². The Morgan fingerprint density at radius 1 is 1.62 bits per heavy atom.